The summed E-state index contributed by atoms with van der Waals surface area (Å²) >= 11 is 6.02. The molecule has 8 heteroatoms. The first-order valence-corrected chi connectivity index (χ1v) is 9.19. The van der Waals surface area contributed by atoms with Gasteiger partial charge in [-0.1, -0.05) is 16.8 Å². The average Bonchev–Trinajstić information content (AvgIpc) is 3.21. The van der Waals surface area contributed by atoms with E-state index in [-0.39, 0.29) is 17.0 Å². The molecule has 3 aromatic heterocycles. The standard InChI is InChI=1S/C21H16ClN5O2/c1-11-6-14(13(3)27(11)19-7-12(2)29-26-19)8-15(10-23)20-24-18-9-16(22)4-5-17(18)21(28)25-20/h4-9H,1-3H3,(H,24,25,28)/b15-8-. The lowest BCUT2D eigenvalue weighted by Gasteiger charge is -2.05. The Balaban J connectivity index is 1.85. The van der Waals surface area contributed by atoms with Gasteiger partial charge in [0.15, 0.2) is 11.6 Å². The molecule has 0 unspecified atom stereocenters. The van der Waals surface area contributed by atoms with Crippen LogP contribution >= 0.6 is 11.6 Å². The molecular weight excluding hydrogens is 390 g/mol. The number of halogens is 1. The molecule has 0 spiro atoms. The predicted molar refractivity (Wildman–Crippen MR) is 111 cm³/mol. The molecule has 144 valence electrons. The lowest BCUT2D eigenvalue weighted by molar-refractivity contribution is 0.394. The van der Waals surface area contributed by atoms with Crippen LogP contribution in [0.3, 0.4) is 0 Å². The highest BCUT2D eigenvalue weighted by molar-refractivity contribution is 6.31. The molecule has 0 aliphatic rings. The summed E-state index contributed by atoms with van der Waals surface area (Å²) in [6, 6.07) is 10.7. The maximum absolute atomic E-state index is 12.4. The first-order chi connectivity index (χ1) is 13.9. The Morgan fingerprint density at radius 3 is 2.76 bits per heavy atom. The van der Waals surface area contributed by atoms with E-state index < -0.39 is 0 Å². The molecule has 0 bridgehead atoms. The quantitative estimate of drug-likeness (QED) is 0.511. The van der Waals surface area contributed by atoms with E-state index >= 15 is 0 Å². The third kappa shape index (κ3) is 3.35. The van der Waals surface area contributed by atoms with Crippen molar-refractivity contribution in [1.29, 1.82) is 5.26 Å². The van der Waals surface area contributed by atoms with Crippen molar-refractivity contribution >= 4 is 34.2 Å². The molecule has 0 radical (unpaired) electrons. The van der Waals surface area contributed by atoms with Crippen LogP contribution in [0.25, 0.3) is 28.4 Å². The molecule has 0 aliphatic carbocycles. The van der Waals surface area contributed by atoms with Gasteiger partial charge in [-0.05, 0) is 56.7 Å². The Kier molecular flexibility index (Phi) is 4.57. The van der Waals surface area contributed by atoms with Crippen molar-refractivity contribution in [2.24, 2.45) is 0 Å². The molecule has 0 fully saturated rings. The maximum Gasteiger partial charge on any atom is 0.259 e. The summed E-state index contributed by atoms with van der Waals surface area (Å²) in [5.41, 5.74) is 2.97. The zero-order valence-corrected chi connectivity index (χ0v) is 16.7. The normalized spacial score (nSPS) is 11.8. The number of aromatic nitrogens is 4. The Morgan fingerprint density at radius 2 is 2.07 bits per heavy atom. The molecule has 29 heavy (non-hydrogen) atoms. The number of aryl methyl sites for hydroxylation is 2. The van der Waals surface area contributed by atoms with E-state index in [1.54, 1.807) is 24.3 Å². The van der Waals surface area contributed by atoms with Gasteiger partial charge in [-0.3, -0.25) is 9.36 Å². The number of aromatic amines is 1. The Bertz CT molecular complexity index is 1380. The molecule has 0 atom stereocenters. The van der Waals surface area contributed by atoms with Crippen molar-refractivity contribution in [3.05, 3.63) is 74.2 Å². The summed E-state index contributed by atoms with van der Waals surface area (Å²) in [5.74, 6) is 1.57. The molecule has 0 amide bonds. The maximum atomic E-state index is 12.4. The lowest BCUT2D eigenvalue weighted by atomic mass is 10.1. The van der Waals surface area contributed by atoms with Crippen LogP contribution in [0.2, 0.25) is 5.02 Å². The Hall–Kier alpha value is -3.63. The topological polar surface area (TPSA) is 100 Å². The summed E-state index contributed by atoms with van der Waals surface area (Å²) in [6.07, 6.45) is 1.69. The van der Waals surface area contributed by atoms with Crippen molar-refractivity contribution in [3.63, 3.8) is 0 Å². The van der Waals surface area contributed by atoms with Crippen molar-refractivity contribution < 1.29 is 4.52 Å². The van der Waals surface area contributed by atoms with E-state index in [0.29, 0.717) is 27.5 Å². The van der Waals surface area contributed by atoms with Crippen molar-refractivity contribution in [2.75, 3.05) is 0 Å². The van der Waals surface area contributed by atoms with E-state index in [2.05, 4.69) is 21.2 Å². The van der Waals surface area contributed by atoms with Crippen molar-refractivity contribution in [1.82, 2.24) is 19.7 Å². The van der Waals surface area contributed by atoms with Gasteiger partial charge >= 0.3 is 0 Å². The van der Waals surface area contributed by atoms with Crippen LogP contribution in [-0.4, -0.2) is 19.7 Å². The number of nitrogens with one attached hydrogen (secondary N) is 1. The summed E-state index contributed by atoms with van der Waals surface area (Å²) in [7, 11) is 0. The van der Waals surface area contributed by atoms with Crippen LogP contribution in [0.1, 0.15) is 28.5 Å². The summed E-state index contributed by atoms with van der Waals surface area (Å²) in [4.78, 5) is 19.5. The third-order valence-electron chi connectivity index (χ3n) is 4.66. The molecule has 4 rings (SSSR count). The smallest absolute Gasteiger partial charge is 0.259 e. The van der Waals surface area contributed by atoms with Crippen LogP contribution in [0.4, 0.5) is 0 Å². The van der Waals surface area contributed by atoms with Gasteiger partial charge in [-0.15, -0.1) is 0 Å². The number of hydrogen-bond acceptors (Lipinski definition) is 5. The zero-order chi connectivity index (χ0) is 20.7. The van der Waals surface area contributed by atoms with Crippen molar-refractivity contribution in [3.8, 4) is 11.9 Å². The minimum Gasteiger partial charge on any atom is -0.360 e. The van der Waals surface area contributed by atoms with Crippen LogP contribution in [-0.2, 0) is 0 Å². The Morgan fingerprint density at radius 1 is 1.28 bits per heavy atom. The number of allylic oxidation sites excluding steroid dienone is 1. The highest BCUT2D eigenvalue weighted by atomic mass is 35.5. The molecule has 4 aromatic rings. The number of hydrogen-bond donors (Lipinski definition) is 1. The fraction of sp³-hybridized carbons (Fsp3) is 0.143. The number of H-pyrrole nitrogens is 1. The van der Waals surface area contributed by atoms with Gasteiger partial charge in [0.1, 0.15) is 11.8 Å². The minimum absolute atomic E-state index is 0.189. The summed E-state index contributed by atoms with van der Waals surface area (Å²) < 4.78 is 7.11. The number of fused-ring (bicyclic) bond motifs is 1. The number of nitriles is 1. The second kappa shape index (κ2) is 7.08. The molecule has 0 saturated carbocycles. The average molecular weight is 406 g/mol. The van der Waals surface area contributed by atoms with Gasteiger partial charge in [0.25, 0.3) is 5.56 Å². The number of benzene rings is 1. The molecular formula is C21H16ClN5O2. The molecule has 1 aromatic carbocycles. The molecule has 0 aliphatic heterocycles. The molecule has 7 nitrogen and oxygen atoms in total. The van der Waals surface area contributed by atoms with Crippen LogP contribution in [0.15, 0.2) is 39.6 Å². The van der Waals surface area contributed by atoms with Gasteiger partial charge in [0, 0.05) is 22.5 Å². The van der Waals surface area contributed by atoms with Gasteiger partial charge < -0.3 is 9.51 Å². The number of nitrogens with zero attached hydrogens (tertiary/aromatic N) is 4. The van der Waals surface area contributed by atoms with E-state index in [4.69, 9.17) is 16.1 Å². The van der Waals surface area contributed by atoms with Gasteiger partial charge in [-0.25, -0.2) is 4.98 Å². The van der Waals surface area contributed by atoms with Gasteiger partial charge in [-0.2, -0.15) is 5.26 Å². The van der Waals surface area contributed by atoms with Gasteiger partial charge in [0.2, 0.25) is 0 Å². The number of rotatable bonds is 3. The van der Waals surface area contributed by atoms with Gasteiger partial charge in [0.05, 0.1) is 16.5 Å². The lowest BCUT2D eigenvalue weighted by Crippen LogP contribution is -2.11. The van der Waals surface area contributed by atoms with E-state index in [0.717, 1.165) is 17.0 Å². The fourth-order valence-corrected chi connectivity index (χ4v) is 3.46. The van der Waals surface area contributed by atoms with E-state index in [1.807, 2.05) is 37.5 Å². The Labute approximate surface area is 170 Å². The second-order valence-corrected chi connectivity index (χ2v) is 7.14. The third-order valence-corrected chi connectivity index (χ3v) is 4.89. The predicted octanol–water partition coefficient (Wildman–Crippen LogP) is 4.34. The van der Waals surface area contributed by atoms with Crippen LogP contribution < -0.4 is 5.56 Å². The first-order valence-electron chi connectivity index (χ1n) is 8.82. The SMILES string of the molecule is Cc1cc(-n2c(C)cc(/C=C(/C#N)c3nc4cc(Cl)ccc4c(=O)[nH]3)c2C)no1. The molecule has 3 heterocycles. The van der Waals surface area contributed by atoms with E-state index in [9.17, 15) is 10.1 Å². The highest BCUT2D eigenvalue weighted by Crippen LogP contribution is 2.25. The summed E-state index contributed by atoms with van der Waals surface area (Å²) in [5, 5.41) is 14.6. The second-order valence-electron chi connectivity index (χ2n) is 6.70. The zero-order valence-electron chi connectivity index (χ0n) is 15.9. The van der Waals surface area contributed by atoms with Crippen molar-refractivity contribution in [2.45, 2.75) is 20.8 Å². The monoisotopic (exact) mass is 405 g/mol. The molecule has 1 N–H and O–H groups in total. The summed E-state index contributed by atoms with van der Waals surface area (Å²) in [6.45, 7) is 5.69. The van der Waals surface area contributed by atoms with Crippen LogP contribution in [0.5, 0.6) is 0 Å². The fourth-order valence-electron chi connectivity index (χ4n) is 3.29. The molecule has 0 saturated heterocycles. The first kappa shape index (κ1) is 18.7. The van der Waals surface area contributed by atoms with Crippen LogP contribution in [0, 0.1) is 32.1 Å². The minimum atomic E-state index is -0.327. The highest BCUT2D eigenvalue weighted by Gasteiger charge is 2.15. The van der Waals surface area contributed by atoms with E-state index in [1.165, 1.54) is 0 Å². The largest absolute Gasteiger partial charge is 0.360 e.